The Hall–Kier alpha value is -1.88. The number of carbonyl (C=O) groups excluding carboxylic acids is 1. The van der Waals surface area contributed by atoms with Gasteiger partial charge in [-0.15, -0.1) is 0 Å². The van der Waals surface area contributed by atoms with Gasteiger partial charge in [0.1, 0.15) is 5.69 Å². The first-order valence-corrected chi connectivity index (χ1v) is 8.77. The van der Waals surface area contributed by atoms with Crippen LogP contribution in [0.4, 0.5) is 5.69 Å². The minimum atomic E-state index is 0.0886. The molecule has 0 fully saturated rings. The summed E-state index contributed by atoms with van der Waals surface area (Å²) in [5.41, 5.74) is 1.47. The molecule has 1 amide bonds. The Morgan fingerprint density at radius 3 is 2.71 bits per heavy atom. The molecule has 5 nitrogen and oxygen atoms in total. The molecule has 6 heteroatoms. The fraction of sp³-hybridized carbons (Fsp3) is 0.500. The highest BCUT2D eigenvalue weighted by molar-refractivity contribution is 6.32. The second-order valence-electron chi connectivity index (χ2n) is 6.43. The zero-order chi connectivity index (χ0) is 17.7. The lowest BCUT2D eigenvalue weighted by atomic mass is 9.94. The zero-order valence-corrected chi connectivity index (χ0v) is 15.5. The molecule has 0 N–H and O–H groups in total. The van der Waals surface area contributed by atoms with Gasteiger partial charge >= 0.3 is 0 Å². The van der Waals surface area contributed by atoms with Gasteiger partial charge in [-0.1, -0.05) is 39.3 Å². The number of hydrogen-bond donors (Lipinski definition) is 0. The van der Waals surface area contributed by atoms with E-state index in [0.717, 1.165) is 12.1 Å². The van der Waals surface area contributed by atoms with E-state index >= 15 is 0 Å². The van der Waals surface area contributed by atoms with Crippen molar-refractivity contribution in [1.29, 1.82) is 0 Å². The first kappa shape index (κ1) is 18.5. The molecular weight excluding hydrogens is 324 g/mol. The number of hydrogen-bond acceptors (Lipinski definition) is 3. The van der Waals surface area contributed by atoms with Crippen molar-refractivity contribution in [3.05, 3.63) is 35.9 Å². The molecule has 0 aromatic carbocycles. The van der Waals surface area contributed by atoms with Gasteiger partial charge < -0.3 is 4.90 Å². The van der Waals surface area contributed by atoms with Crippen molar-refractivity contribution in [2.75, 3.05) is 11.4 Å². The van der Waals surface area contributed by atoms with Crippen LogP contribution in [0.5, 0.6) is 0 Å². The minimum Gasteiger partial charge on any atom is -0.308 e. The Morgan fingerprint density at radius 2 is 2.12 bits per heavy atom. The Balaban J connectivity index is 2.28. The molecule has 0 aliphatic carbocycles. The Kier molecular flexibility index (Phi) is 6.37. The van der Waals surface area contributed by atoms with Crippen molar-refractivity contribution in [2.45, 2.75) is 40.5 Å². The molecular formula is C18H25ClN4O. The summed E-state index contributed by atoms with van der Waals surface area (Å²) in [6, 6.07) is 3.73. The summed E-state index contributed by atoms with van der Waals surface area (Å²) in [7, 11) is 0. The van der Waals surface area contributed by atoms with E-state index in [1.807, 2.05) is 19.1 Å². The maximum Gasteiger partial charge on any atom is 0.227 e. The van der Waals surface area contributed by atoms with Crippen LogP contribution in [-0.2, 0) is 4.79 Å². The van der Waals surface area contributed by atoms with Crippen molar-refractivity contribution in [1.82, 2.24) is 14.8 Å². The molecule has 1 unspecified atom stereocenters. The molecule has 24 heavy (non-hydrogen) atoms. The smallest absolute Gasteiger partial charge is 0.227 e. The topological polar surface area (TPSA) is 51.0 Å². The quantitative estimate of drug-likeness (QED) is 0.747. The van der Waals surface area contributed by atoms with Crippen molar-refractivity contribution < 1.29 is 4.79 Å². The number of rotatable bonds is 7. The van der Waals surface area contributed by atoms with E-state index in [1.54, 1.807) is 28.2 Å². The molecule has 2 rings (SSSR count). The van der Waals surface area contributed by atoms with Gasteiger partial charge in [0.15, 0.2) is 5.15 Å². The monoisotopic (exact) mass is 348 g/mol. The largest absolute Gasteiger partial charge is 0.308 e. The lowest BCUT2D eigenvalue weighted by molar-refractivity contribution is -0.119. The fourth-order valence-electron chi connectivity index (χ4n) is 2.37. The molecule has 2 aromatic rings. The molecule has 2 heterocycles. The number of aromatic nitrogens is 3. The van der Waals surface area contributed by atoms with Crippen molar-refractivity contribution in [2.24, 2.45) is 11.8 Å². The zero-order valence-electron chi connectivity index (χ0n) is 14.7. The summed E-state index contributed by atoms with van der Waals surface area (Å²) < 4.78 is 1.66. The summed E-state index contributed by atoms with van der Waals surface area (Å²) in [6.45, 7) is 9.05. The van der Waals surface area contributed by atoms with Crippen LogP contribution in [0, 0.1) is 11.8 Å². The van der Waals surface area contributed by atoms with Gasteiger partial charge in [-0.2, -0.15) is 5.10 Å². The highest BCUT2D eigenvalue weighted by atomic mass is 35.5. The van der Waals surface area contributed by atoms with E-state index in [0.29, 0.717) is 35.6 Å². The second kappa shape index (κ2) is 8.29. The number of halogens is 1. The number of amides is 1. The van der Waals surface area contributed by atoms with E-state index < -0.39 is 0 Å². The summed E-state index contributed by atoms with van der Waals surface area (Å²) in [5, 5.41) is 4.66. The van der Waals surface area contributed by atoms with E-state index in [-0.39, 0.29) is 5.91 Å². The van der Waals surface area contributed by atoms with Crippen LogP contribution in [0.1, 0.15) is 40.5 Å². The van der Waals surface area contributed by atoms with Crippen LogP contribution in [0.2, 0.25) is 5.15 Å². The molecule has 130 valence electrons. The fourth-order valence-corrected chi connectivity index (χ4v) is 2.60. The molecule has 2 aromatic heterocycles. The van der Waals surface area contributed by atoms with Crippen LogP contribution < -0.4 is 4.90 Å². The third kappa shape index (κ3) is 4.35. The SMILES string of the molecule is CCCN(C(=O)CC(C)C(C)C)c1cn(-c2cccnc2)nc1Cl. The summed E-state index contributed by atoms with van der Waals surface area (Å²) in [6.07, 6.45) is 6.57. The molecule has 0 aliphatic rings. The number of nitrogens with zero attached hydrogens (tertiary/aromatic N) is 4. The number of anilines is 1. The predicted molar refractivity (Wildman–Crippen MR) is 97.6 cm³/mol. The van der Waals surface area contributed by atoms with E-state index in [1.165, 1.54) is 0 Å². The van der Waals surface area contributed by atoms with Crippen LogP contribution in [0.25, 0.3) is 5.69 Å². The first-order chi connectivity index (χ1) is 11.4. The van der Waals surface area contributed by atoms with Gasteiger partial charge in [-0.25, -0.2) is 4.68 Å². The lowest BCUT2D eigenvalue weighted by Crippen LogP contribution is -2.33. The van der Waals surface area contributed by atoms with Gasteiger partial charge in [-0.3, -0.25) is 9.78 Å². The molecule has 0 bridgehead atoms. The maximum atomic E-state index is 12.8. The van der Waals surface area contributed by atoms with Crippen LogP contribution in [0.15, 0.2) is 30.7 Å². The van der Waals surface area contributed by atoms with Crippen LogP contribution in [-0.4, -0.2) is 27.2 Å². The number of pyridine rings is 1. The molecule has 0 saturated heterocycles. The lowest BCUT2D eigenvalue weighted by Gasteiger charge is -2.24. The normalized spacial score (nSPS) is 12.4. The average Bonchev–Trinajstić information content (AvgIpc) is 2.94. The second-order valence-corrected chi connectivity index (χ2v) is 6.79. The summed E-state index contributed by atoms with van der Waals surface area (Å²) in [5.74, 6) is 0.876. The van der Waals surface area contributed by atoms with Gasteiger partial charge in [0.2, 0.25) is 5.91 Å². The average molecular weight is 349 g/mol. The Bertz CT molecular complexity index is 669. The van der Waals surface area contributed by atoms with E-state index in [9.17, 15) is 4.79 Å². The maximum absolute atomic E-state index is 12.8. The van der Waals surface area contributed by atoms with Gasteiger partial charge in [-0.05, 0) is 30.4 Å². The molecule has 0 radical (unpaired) electrons. The Labute approximate surface area is 148 Å². The molecule has 0 spiro atoms. The van der Waals surface area contributed by atoms with E-state index in [2.05, 4.69) is 30.9 Å². The summed E-state index contributed by atoms with van der Waals surface area (Å²) >= 11 is 6.32. The van der Waals surface area contributed by atoms with E-state index in [4.69, 9.17) is 11.6 Å². The molecule has 0 aliphatic heterocycles. The van der Waals surface area contributed by atoms with Crippen LogP contribution in [0.3, 0.4) is 0 Å². The van der Waals surface area contributed by atoms with Gasteiger partial charge in [0.05, 0.1) is 18.1 Å². The minimum absolute atomic E-state index is 0.0886. The number of carbonyl (C=O) groups is 1. The first-order valence-electron chi connectivity index (χ1n) is 8.40. The Morgan fingerprint density at radius 1 is 1.38 bits per heavy atom. The standard InChI is InChI=1S/C18H25ClN4O/c1-5-9-22(17(24)10-14(4)13(2)3)16-12-23(21-18(16)19)15-7-6-8-20-11-15/h6-8,11-14H,5,9-10H2,1-4H3. The molecule has 1 atom stereocenters. The third-order valence-electron chi connectivity index (χ3n) is 4.24. The van der Waals surface area contributed by atoms with Gasteiger partial charge in [0.25, 0.3) is 0 Å². The van der Waals surface area contributed by atoms with Crippen molar-refractivity contribution >= 4 is 23.2 Å². The summed E-state index contributed by atoms with van der Waals surface area (Å²) in [4.78, 5) is 18.6. The van der Waals surface area contributed by atoms with Crippen molar-refractivity contribution in [3.63, 3.8) is 0 Å². The highest BCUT2D eigenvalue weighted by Gasteiger charge is 2.23. The highest BCUT2D eigenvalue weighted by Crippen LogP contribution is 2.28. The molecule has 0 saturated carbocycles. The van der Waals surface area contributed by atoms with Crippen LogP contribution >= 0.6 is 11.6 Å². The predicted octanol–water partition coefficient (Wildman–Crippen LogP) is 4.35. The third-order valence-corrected chi connectivity index (χ3v) is 4.50. The van der Waals surface area contributed by atoms with Crippen molar-refractivity contribution in [3.8, 4) is 5.69 Å². The van der Waals surface area contributed by atoms with Gasteiger partial charge in [0, 0.05) is 19.2 Å².